The van der Waals surface area contributed by atoms with Gasteiger partial charge in [-0.15, -0.1) is 0 Å². The van der Waals surface area contributed by atoms with Gasteiger partial charge in [0.05, 0.1) is 22.3 Å². The van der Waals surface area contributed by atoms with E-state index in [1.165, 1.54) is 0 Å². The molecule has 1 aromatic carbocycles. The van der Waals surface area contributed by atoms with Crippen LogP contribution in [0.3, 0.4) is 0 Å². The average molecular weight is 430 g/mol. The number of furan rings is 1. The Labute approximate surface area is 184 Å². The lowest BCUT2D eigenvalue weighted by atomic mass is 10.1. The van der Waals surface area contributed by atoms with Crippen LogP contribution < -0.4 is 10.6 Å². The standard InChI is InChI=1S/C24H22N4O4/c1-12-10-18(14(3)31-12)20-11-19(21-13(2)28-32-24(21)27-20)23(30)26-16-6-4-15(5-7-16)22(29)25-17-8-9-17/h4-7,10-11,17H,8-9H2,1-3H3,(H,25,29)(H,26,30). The van der Waals surface area contributed by atoms with Gasteiger partial charge in [-0.3, -0.25) is 9.59 Å². The van der Waals surface area contributed by atoms with Crippen LogP contribution in [0.15, 0.2) is 45.3 Å². The molecule has 0 aliphatic heterocycles. The molecular weight excluding hydrogens is 408 g/mol. The van der Waals surface area contributed by atoms with Crippen LogP contribution in [0.1, 0.15) is 50.8 Å². The van der Waals surface area contributed by atoms with Gasteiger partial charge in [-0.25, -0.2) is 4.98 Å². The Bertz CT molecular complexity index is 1350. The van der Waals surface area contributed by atoms with E-state index in [9.17, 15) is 9.59 Å². The van der Waals surface area contributed by atoms with Crippen LogP contribution in [-0.2, 0) is 0 Å². The third-order valence-corrected chi connectivity index (χ3v) is 5.50. The smallest absolute Gasteiger partial charge is 0.259 e. The van der Waals surface area contributed by atoms with E-state index in [2.05, 4.69) is 20.8 Å². The highest BCUT2D eigenvalue weighted by atomic mass is 16.5. The fourth-order valence-electron chi connectivity index (χ4n) is 3.70. The van der Waals surface area contributed by atoms with Gasteiger partial charge >= 0.3 is 0 Å². The minimum Gasteiger partial charge on any atom is -0.466 e. The lowest BCUT2D eigenvalue weighted by Gasteiger charge is -2.09. The maximum atomic E-state index is 13.2. The van der Waals surface area contributed by atoms with Gasteiger partial charge in [-0.2, -0.15) is 0 Å². The predicted molar refractivity (Wildman–Crippen MR) is 119 cm³/mol. The molecule has 3 heterocycles. The lowest BCUT2D eigenvalue weighted by Crippen LogP contribution is -2.25. The molecule has 2 N–H and O–H groups in total. The number of rotatable bonds is 5. The maximum Gasteiger partial charge on any atom is 0.259 e. The number of hydrogen-bond donors (Lipinski definition) is 2. The Hall–Kier alpha value is -3.94. The van der Waals surface area contributed by atoms with Crippen molar-refractivity contribution in [3.63, 3.8) is 0 Å². The van der Waals surface area contributed by atoms with E-state index >= 15 is 0 Å². The van der Waals surface area contributed by atoms with Crippen LogP contribution in [0.4, 0.5) is 5.69 Å². The number of carbonyl (C=O) groups is 2. The number of pyridine rings is 1. The number of carbonyl (C=O) groups excluding carboxylic acids is 2. The summed E-state index contributed by atoms with van der Waals surface area (Å²) in [6, 6.07) is 10.7. The molecule has 1 aliphatic carbocycles. The molecule has 2 amide bonds. The van der Waals surface area contributed by atoms with Crippen molar-refractivity contribution in [2.45, 2.75) is 39.7 Å². The Morgan fingerprint density at radius 1 is 1.03 bits per heavy atom. The molecule has 0 spiro atoms. The number of nitrogens with zero attached hydrogens (tertiary/aromatic N) is 2. The molecule has 0 saturated heterocycles. The largest absolute Gasteiger partial charge is 0.466 e. The van der Waals surface area contributed by atoms with Gasteiger partial charge in [-0.1, -0.05) is 5.16 Å². The Morgan fingerprint density at radius 3 is 2.44 bits per heavy atom. The second kappa shape index (κ2) is 7.64. The molecule has 32 heavy (non-hydrogen) atoms. The van der Waals surface area contributed by atoms with E-state index in [-0.39, 0.29) is 17.5 Å². The Balaban J connectivity index is 1.45. The number of aryl methyl sites for hydroxylation is 3. The molecule has 8 nitrogen and oxygen atoms in total. The molecule has 8 heteroatoms. The van der Waals surface area contributed by atoms with Crippen LogP contribution >= 0.6 is 0 Å². The molecule has 1 saturated carbocycles. The first kappa shape index (κ1) is 20.0. The molecule has 5 rings (SSSR count). The van der Waals surface area contributed by atoms with Crippen molar-refractivity contribution in [3.05, 3.63) is 64.7 Å². The second-order valence-electron chi connectivity index (χ2n) is 8.11. The van der Waals surface area contributed by atoms with Gasteiger partial charge in [-0.05, 0) is 70.0 Å². The first-order valence-corrected chi connectivity index (χ1v) is 10.5. The summed E-state index contributed by atoms with van der Waals surface area (Å²) in [5, 5.41) is 10.4. The second-order valence-corrected chi connectivity index (χ2v) is 8.11. The number of benzene rings is 1. The molecular formula is C24H22N4O4. The summed E-state index contributed by atoms with van der Waals surface area (Å²) in [4.78, 5) is 29.9. The van der Waals surface area contributed by atoms with Crippen molar-refractivity contribution < 1.29 is 18.5 Å². The van der Waals surface area contributed by atoms with Gasteiger partial charge in [0.15, 0.2) is 0 Å². The molecule has 1 aliphatic rings. The van der Waals surface area contributed by atoms with Crippen molar-refractivity contribution in [1.82, 2.24) is 15.5 Å². The topological polar surface area (TPSA) is 110 Å². The number of nitrogens with one attached hydrogen (secondary N) is 2. The number of fused-ring (bicyclic) bond motifs is 1. The zero-order chi connectivity index (χ0) is 22.4. The minimum atomic E-state index is -0.321. The third-order valence-electron chi connectivity index (χ3n) is 5.50. The fourth-order valence-corrected chi connectivity index (χ4v) is 3.70. The van der Waals surface area contributed by atoms with Crippen molar-refractivity contribution in [2.24, 2.45) is 0 Å². The zero-order valence-corrected chi connectivity index (χ0v) is 18.0. The van der Waals surface area contributed by atoms with Gasteiger partial charge in [0.2, 0.25) is 0 Å². The van der Waals surface area contributed by atoms with Crippen LogP contribution in [0.5, 0.6) is 0 Å². The molecule has 0 bridgehead atoms. The predicted octanol–water partition coefficient (Wildman–Crippen LogP) is 4.55. The number of amides is 2. The number of aromatic nitrogens is 2. The summed E-state index contributed by atoms with van der Waals surface area (Å²) in [6.45, 7) is 5.47. The molecule has 4 aromatic rings. The Kier molecular flexibility index (Phi) is 4.77. The number of anilines is 1. The van der Waals surface area contributed by atoms with Gasteiger partial charge < -0.3 is 19.6 Å². The van der Waals surface area contributed by atoms with Crippen molar-refractivity contribution >= 4 is 28.6 Å². The summed E-state index contributed by atoms with van der Waals surface area (Å²) in [5.74, 6) is 1.04. The maximum absolute atomic E-state index is 13.2. The summed E-state index contributed by atoms with van der Waals surface area (Å²) < 4.78 is 11.0. The fraction of sp³-hybridized carbons (Fsp3) is 0.250. The molecule has 1 fully saturated rings. The summed E-state index contributed by atoms with van der Waals surface area (Å²) >= 11 is 0. The molecule has 3 aromatic heterocycles. The first-order valence-electron chi connectivity index (χ1n) is 10.5. The monoisotopic (exact) mass is 430 g/mol. The van der Waals surface area contributed by atoms with Crippen LogP contribution in [0, 0.1) is 20.8 Å². The molecule has 0 radical (unpaired) electrons. The van der Waals surface area contributed by atoms with Crippen molar-refractivity contribution in [3.8, 4) is 11.3 Å². The van der Waals surface area contributed by atoms with Crippen molar-refractivity contribution in [1.29, 1.82) is 0 Å². The lowest BCUT2D eigenvalue weighted by molar-refractivity contribution is 0.0950. The van der Waals surface area contributed by atoms with E-state index in [4.69, 9.17) is 8.94 Å². The van der Waals surface area contributed by atoms with E-state index < -0.39 is 0 Å². The van der Waals surface area contributed by atoms with Crippen LogP contribution in [0.25, 0.3) is 22.4 Å². The van der Waals surface area contributed by atoms with Crippen LogP contribution in [0.2, 0.25) is 0 Å². The van der Waals surface area contributed by atoms with Gasteiger partial charge in [0, 0.05) is 22.9 Å². The van der Waals surface area contributed by atoms with E-state index in [0.717, 1.165) is 24.2 Å². The summed E-state index contributed by atoms with van der Waals surface area (Å²) in [6.07, 6.45) is 2.06. The van der Waals surface area contributed by atoms with E-state index in [1.54, 1.807) is 37.3 Å². The van der Waals surface area contributed by atoms with E-state index in [1.807, 2.05) is 19.9 Å². The summed E-state index contributed by atoms with van der Waals surface area (Å²) in [7, 11) is 0. The van der Waals surface area contributed by atoms with E-state index in [0.29, 0.717) is 45.4 Å². The average Bonchev–Trinajstić information content (AvgIpc) is 3.41. The SMILES string of the molecule is Cc1cc(-c2cc(C(=O)Nc3ccc(C(=O)NC4CC4)cc3)c3c(C)noc3n2)c(C)o1. The highest BCUT2D eigenvalue weighted by Crippen LogP contribution is 2.31. The molecule has 0 atom stereocenters. The normalized spacial score (nSPS) is 13.3. The zero-order valence-electron chi connectivity index (χ0n) is 18.0. The summed E-state index contributed by atoms with van der Waals surface area (Å²) in [5.41, 5.74) is 3.77. The number of hydrogen-bond acceptors (Lipinski definition) is 6. The first-order chi connectivity index (χ1) is 15.4. The van der Waals surface area contributed by atoms with Gasteiger partial charge in [0.25, 0.3) is 17.5 Å². The minimum absolute atomic E-state index is 0.100. The quantitative estimate of drug-likeness (QED) is 0.481. The highest BCUT2D eigenvalue weighted by Gasteiger charge is 2.24. The molecule has 162 valence electrons. The Morgan fingerprint density at radius 2 is 1.78 bits per heavy atom. The molecule has 0 unspecified atom stereocenters. The van der Waals surface area contributed by atoms with Gasteiger partial charge in [0.1, 0.15) is 11.5 Å². The van der Waals surface area contributed by atoms with Crippen molar-refractivity contribution in [2.75, 3.05) is 5.32 Å². The highest BCUT2D eigenvalue weighted by molar-refractivity contribution is 6.13. The van der Waals surface area contributed by atoms with Crippen LogP contribution in [-0.4, -0.2) is 28.0 Å². The third kappa shape index (κ3) is 3.75.